The third-order valence-corrected chi connectivity index (χ3v) is 7.05. The molecule has 2 amide bonds. The van der Waals surface area contributed by atoms with E-state index in [2.05, 4.69) is 28.8 Å². The number of aromatic amines is 1. The number of nitrogens with one attached hydrogen (secondary N) is 3. The Morgan fingerprint density at radius 2 is 1.79 bits per heavy atom. The molecule has 0 aliphatic heterocycles. The predicted octanol–water partition coefficient (Wildman–Crippen LogP) is 4.39. The van der Waals surface area contributed by atoms with Gasteiger partial charge in [0.05, 0.1) is 24.5 Å². The molecule has 0 saturated carbocycles. The first-order valence-electron chi connectivity index (χ1n) is 14.2. The highest BCUT2D eigenvalue weighted by atomic mass is 19.1. The van der Waals surface area contributed by atoms with E-state index in [-0.39, 0.29) is 50.2 Å². The minimum atomic E-state index is -0.679. The summed E-state index contributed by atoms with van der Waals surface area (Å²) in [6.07, 6.45) is 7.29. The van der Waals surface area contributed by atoms with Gasteiger partial charge >= 0.3 is 5.97 Å². The number of esters is 1. The molecule has 3 rings (SSSR count). The van der Waals surface area contributed by atoms with E-state index < -0.39 is 23.8 Å². The van der Waals surface area contributed by atoms with Crippen molar-refractivity contribution in [3.05, 3.63) is 97.0 Å². The van der Waals surface area contributed by atoms with E-state index in [9.17, 15) is 18.8 Å². The molecule has 9 heteroatoms. The summed E-state index contributed by atoms with van der Waals surface area (Å²) in [7, 11) is 0. The van der Waals surface area contributed by atoms with E-state index in [1.807, 2.05) is 30.5 Å². The molecule has 1 aromatic heterocycles. The quantitative estimate of drug-likeness (QED) is 0.132. The highest BCUT2D eigenvalue weighted by molar-refractivity contribution is 5.86. The molecule has 0 bridgehead atoms. The summed E-state index contributed by atoms with van der Waals surface area (Å²) < 4.78 is 19.2. The van der Waals surface area contributed by atoms with Gasteiger partial charge in [-0.3, -0.25) is 14.4 Å². The molecule has 1 heterocycles. The van der Waals surface area contributed by atoms with Gasteiger partial charge < -0.3 is 25.5 Å². The summed E-state index contributed by atoms with van der Waals surface area (Å²) in [6.45, 7) is 7.30. The monoisotopic (exact) mass is 577 g/mol. The number of carbonyl (C=O) groups excluding carboxylic acids is 3. The van der Waals surface area contributed by atoms with Gasteiger partial charge in [-0.05, 0) is 61.4 Å². The van der Waals surface area contributed by atoms with Gasteiger partial charge in [0.25, 0.3) is 0 Å². The maximum absolute atomic E-state index is 13.4. The topological polar surface area (TPSA) is 121 Å². The van der Waals surface area contributed by atoms with Crippen molar-refractivity contribution < 1.29 is 28.6 Å². The molecule has 0 aliphatic carbocycles. The molecule has 0 spiro atoms. The van der Waals surface area contributed by atoms with Crippen LogP contribution >= 0.6 is 0 Å². The third-order valence-electron chi connectivity index (χ3n) is 7.05. The van der Waals surface area contributed by atoms with Crippen LogP contribution in [0.1, 0.15) is 36.8 Å². The lowest BCUT2D eigenvalue weighted by Crippen LogP contribution is -2.44. The lowest BCUT2D eigenvalue weighted by molar-refractivity contribution is -0.150. The SMILES string of the molecule is C=CCC[C@@H](Cc1ccc(F)cc1)C(=O)OC[C@H](Cc1c[nH]c2ccccc12)NC(=O)[C@@H](CC=C)CC(=O)NCCO. The number of aliphatic hydroxyl groups is 1. The molecule has 0 fully saturated rings. The first kappa shape index (κ1) is 32.3. The number of hydrogen-bond donors (Lipinski definition) is 4. The number of aliphatic hydroxyl groups excluding tert-OH is 1. The number of halogens is 1. The molecule has 3 aromatic rings. The molecule has 3 atom stereocenters. The van der Waals surface area contributed by atoms with E-state index in [1.54, 1.807) is 24.3 Å². The summed E-state index contributed by atoms with van der Waals surface area (Å²) in [5.41, 5.74) is 2.71. The van der Waals surface area contributed by atoms with Crippen molar-refractivity contribution >= 4 is 28.7 Å². The Morgan fingerprint density at radius 3 is 2.50 bits per heavy atom. The van der Waals surface area contributed by atoms with E-state index in [0.717, 1.165) is 22.0 Å². The highest BCUT2D eigenvalue weighted by Crippen LogP contribution is 2.21. The fraction of sp³-hybridized carbons (Fsp3) is 0.364. The second kappa shape index (κ2) is 16.9. The number of para-hydroxylation sites is 1. The number of hydrogen-bond acceptors (Lipinski definition) is 5. The second-order valence-corrected chi connectivity index (χ2v) is 10.3. The number of ether oxygens (including phenoxy) is 1. The summed E-state index contributed by atoms with van der Waals surface area (Å²) in [5.74, 6) is -2.62. The molecule has 224 valence electrons. The number of amides is 2. The van der Waals surface area contributed by atoms with E-state index in [4.69, 9.17) is 9.84 Å². The molecule has 2 aromatic carbocycles. The summed E-state index contributed by atoms with van der Waals surface area (Å²) in [5, 5.41) is 15.6. The van der Waals surface area contributed by atoms with Gasteiger partial charge in [0.2, 0.25) is 11.8 Å². The van der Waals surface area contributed by atoms with Crippen LogP contribution in [0.3, 0.4) is 0 Å². The second-order valence-electron chi connectivity index (χ2n) is 10.3. The molecule has 42 heavy (non-hydrogen) atoms. The number of aromatic nitrogens is 1. The molecule has 0 radical (unpaired) electrons. The van der Waals surface area contributed by atoms with Crippen molar-refractivity contribution in [1.82, 2.24) is 15.6 Å². The standard InChI is InChI=1S/C33H40FN3O5/c1-3-5-9-25(18-23-12-14-27(34)15-13-23)33(41)42-22-28(19-26-21-36-30-11-7-6-10-29(26)30)37-32(40)24(8-4-2)20-31(39)35-16-17-38/h3-4,6-7,10-15,21,24-25,28,36,38H,1-2,5,8-9,16-20,22H2,(H,35,39)(H,37,40)/t24-,25-,28-/m0/s1. The largest absolute Gasteiger partial charge is 0.463 e. The Balaban J connectivity index is 1.76. The number of carbonyl (C=O) groups is 3. The van der Waals surface area contributed by atoms with Gasteiger partial charge in [-0.1, -0.05) is 42.5 Å². The molecule has 0 aliphatic rings. The fourth-order valence-corrected chi connectivity index (χ4v) is 4.84. The van der Waals surface area contributed by atoms with Crippen LogP contribution in [0.4, 0.5) is 4.39 Å². The van der Waals surface area contributed by atoms with Crippen LogP contribution in [-0.4, -0.2) is 53.7 Å². The van der Waals surface area contributed by atoms with E-state index in [0.29, 0.717) is 25.7 Å². The molecule has 0 unspecified atom stereocenters. The van der Waals surface area contributed by atoms with E-state index in [1.165, 1.54) is 12.1 Å². The molecular formula is C33H40FN3O5. The Hall–Kier alpha value is -4.24. The number of fused-ring (bicyclic) bond motifs is 1. The van der Waals surface area contributed by atoms with Crippen LogP contribution in [-0.2, 0) is 32.0 Å². The third kappa shape index (κ3) is 9.99. The van der Waals surface area contributed by atoms with Crippen molar-refractivity contribution in [2.24, 2.45) is 11.8 Å². The van der Waals surface area contributed by atoms with Crippen LogP contribution in [0.25, 0.3) is 10.9 Å². The fourth-order valence-electron chi connectivity index (χ4n) is 4.84. The smallest absolute Gasteiger partial charge is 0.309 e. The molecule has 4 N–H and O–H groups in total. The molecular weight excluding hydrogens is 537 g/mol. The van der Waals surface area contributed by atoms with Gasteiger partial charge in [0, 0.05) is 30.1 Å². The number of allylic oxidation sites excluding steroid dienone is 2. The lowest BCUT2D eigenvalue weighted by Gasteiger charge is -2.23. The van der Waals surface area contributed by atoms with Crippen molar-refractivity contribution in [3.8, 4) is 0 Å². The van der Waals surface area contributed by atoms with Crippen LogP contribution in [0.5, 0.6) is 0 Å². The summed E-state index contributed by atoms with van der Waals surface area (Å²) in [6, 6.07) is 13.3. The lowest BCUT2D eigenvalue weighted by atomic mass is 9.94. The Bertz CT molecular complexity index is 1340. The first-order valence-corrected chi connectivity index (χ1v) is 14.2. The number of rotatable bonds is 18. The zero-order valence-corrected chi connectivity index (χ0v) is 23.8. The molecule has 8 nitrogen and oxygen atoms in total. The van der Waals surface area contributed by atoms with Gasteiger partial charge in [0.1, 0.15) is 12.4 Å². The Kier molecular flexibility index (Phi) is 13.0. The van der Waals surface area contributed by atoms with Crippen molar-refractivity contribution in [3.63, 3.8) is 0 Å². The van der Waals surface area contributed by atoms with Crippen molar-refractivity contribution in [2.75, 3.05) is 19.8 Å². The van der Waals surface area contributed by atoms with E-state index >= 15 is 0 Å². The van der Waals surface area contributed by atoms with Crippen LogP contribution in [0, 0.1) is 17.7 Å². The minimum absolute atomic E-state index is 0.0707. The number of benzene rings is 2. The zero-order chi connectivity index (χ0) is 30.3. The van der Waals surface area contributed by atoms with Gasteiger partial charge in [-0.15, -0.1) is 13.2 Å². The predicted molar refractivity (Wildman–Crippen MR) is 161 cm³/mol. The normalized spacial score (nSPS) is 13.1. The average molecular weight is 578 g/mol. The average Bonchev–Trinajstić information content (AvgIpc) is 3.40. The molecule has 0 saturated heterocycles. The van der Waals surface area contributed by atoms with Crippen molar-refractivity contribution in [1.29, 1.82) is 0 Å². The van der Waals surface area contributed by atoms with Crippen LogP contribution < -0.4 is 10.6 Å². The number of H-pyrrole nitrogens is 1. The van der Waals surface area contributed by atoms with Gasteiger partial charge in [0.15, 0.2) is 0 Å². The minimum Gasteiger partial charge on any atom is -0.463 e. The maximum Gasteiger partial charge on any atom is 0.309 e. The maximum atomic E-state index is 13.4. The highest BCUT2D eigenvalue weighted by Gasteiger charge is 2.26. The van der Waals surface area contributed by atoms with Crippen molar-refractivity contribution in [2.45, 2.75) is 44.6 Å². The Morgan fingerprint density at radius 1 is 1.02 bits per heavy atom. The Labute approximate surface area is 246 Å². The van der Waals surface area contributed by atoms with Gasteiger partial charge in [-0.2, -0.15) is 0 Å². The van der Waals surface area contributed by atoms with Crippen LogP contribution in [0.15, 0.2) is 80.0 Å². The van der Waals surface area contributed by atoms with Crippen LogP contribution in [0.2, 0.25) is 0 Å². The summed E-state index contributed by atoms with van der Waals surface area (Å²) >= 11 is 0. The summed E-state index contributed by atoms with van der Waals surface area (Å²) in [4.78, 5) is 42.1. The zero-order valence-electron chi connectivity index (χ0n) is 23.8. The van der Waals surface area contributed by atoms with Gasteiger partial charge in [-0.25, -0.2) is 4.39 Å². The first-order chi connectivity index (χ1) is 20.3.